The average molecular weight is 472 g/mol. The normalized spacial score (nSPS) is 24.1. The van der Waals surface area contributed by atoms with E-state index in [2.05, 4.69) is 0 Å². The van der Waals surface area contributed by atoms with Crippen LogP contribution in [0.3, 0.4) is 0 Å². The first-order valence-corrected chi connectivity index (χ1v) is 10.7. The number of hydrogen-bond donors (Lipinski definition) is 0. The summed E-state index contributed by atoms with van der Waals surface area (Å²) in [5.74, 6) is -0.386. The maximum atomic E-state index is 13.3. The molecule has 0 aromatic heterocycles. The summed E-state index contributed by atoms with van der Waals surface area (Å²) in [5, 5.41) is 0. The number of nitrogens with zero attached hydrogens (tertiary/aromatic N) is 1. The molecular formula is C25H29NO8. The molecule has 9 heteroatoms. The second-order valence-corrected chi connectivity index (χ2v) is 8.49. The minimum Gasteiger partial charge on any atom is -0.493 e. The summed E-state index contributed by atoms with van der Waals surface area (Å²) in [5.41, 5.74) is -0.430. The molecule has 182 valence electrons. The molecule has 0 radical (unpaired) electrons. The zero-order valence-corrected chi connectivity index (χ0v) is 20.3. The quantitative estimate of drug-likeness (QED) is 0.466. The minimum absolute atomic E-state index is 0.421. The Morgan fingerprint density at radius 2 is 1.47 bits per heavy atom. The molecule has 4 rings (SSSR count). The summed E-state index contributed by atoms with van der Waals surface area (Å²) in [4.78, 5) is 28.5. The van der Waals surface area contributed by atoms with E-state index in [0.29, 0.717) is 22.8 Å². The number of anilines is 1. The Bertz CT molecular complexity index is 1090. The average Bonchev–Trinajstić information content (AvgIpc) is 3.29. The molecular weight excluding hydrogens is 442 g/mol. The molecule has 2 aliphatic heterocycles. The number of hydrogen-bond acceptors (Lipinski definition) is 9. The van der Waals surface area contributed by atoms with E-state index >= 15 is 0 Å². The van der Waals surface area contributed by atoms with E-state index in [1.54, 1.807) is 12.1 Å². The van der Waals surface area contributed by atoms with Crippen LogP contribution in [0.5, 0.6) is 17.2 Å². The first-order valence-electron chi connectivity index (χ1n) is 10.7. The number of rotatable bonds is 6. The van der Waals surface area contributed by atoms with E-state index in [-0.39, 0.29) is 0 Å². The molecule has 0 N–H and O–H groups in total. The van der Waals surface area contributed by atoms with Gasteiger partial charge in [0.15, 0.2) is 11.5 Å². The van der Waals surface area contributed by atoms with Gasteiger partial charge in [-0.2, -0.15) is 0 Å². The fourth-order valence-corrected chi connectivity index (χ4v) is 5.65. The molecule has 2 aromatic carbocycles. The molecule has 2 aliphatic rings. The van der Waals surface area contributed by atoms with Crippen LogP contribution < -0.4 is 19.1 Å². The number of carbonyl (C=O) groups is 2. The highest BCUT2D eigenvalue weighted by Gasteiger charge is 2.75. The number of benzene rings is 2. The third-order valence-corrected chi connectivity index (χ3v) is 7.02. The van der Waals surface area contributed by atoms with Crippen molar-refractivity contribution in [3.05, 3.63) is 47.5 Å². The van der Waals surface area contributed by atoms with Crippen molar-refractivity contribution in [2.45, 2.75) is 30.1 Å². The molecule has 2 heterocycles. The smallest absolute Gasteiger partial charge is 0.352 e. The van der Waals surface area contributed by atoms with Gasteiger partial charge in [-0.25, -0.2) is 9.59 Å². The van der Waals surface area contributed by atoms with Crippen molar-refractivity contribution in [3.63, 3.8) is 0 Å². The van der Waals surface area contributed by atoms with Gasteiger partial charge in [0, 0.05) is 18.2 Å². The molecule has 1 saturated heterocycles. The molecule has 3 atom stereocenters. The molecule has 1 fully saturated rings. The highest BCUT2D eigenvalue weighted by molar-refractivity contribution is 6.07. The lowest BCUT2D eigenvalue weighted by Gasteiger charge is -2.35. The van der Waals surface area contributed by atoms with Crippen molar-refractivity contribution in [3.8, 4) is 17.2 Å². The lowest BCUT2D eigenvalue weighted by Crippen LogP contribution is -2.62. The van der Waals surface area contributed by atoms with Crippen LogP contribution in [0.1, 0.15) is 24.2 Å². The first kappa shape index (κ1) is 23.7. The van der Waals surface area contributed by atoms with Crippen LogP contribution in [0, 0.1) is 0 Å². The SMILES string of the molecule is COC(=O)C1(C(=O)OC)O[C@@H](c2cc(OC)c(OC)c(OC)c2)[C@]2(C)c3ccccc3N(C)[C@H]12. The van der Waals surface area contributed by atoms with E-state index in [4.69, 9.17) is 28.4 Å². The van der Waals surface area contributed by atoms with Crippen molar-refractivity contribution >= 4 is 17.6 Å². The van der Waals surface area contributed by atoms with Crippen molar-refractivity contribution in [1.29, 1.82) is 0 Å². The second kappa shape index (κ2) is 8.39. The van der Waals surface area contributed by atoms with Crippen LogP contribution >= 0.6 is 0 Å². The lowest BCUT2D eigenvalue weighted by molar-refractivity contribution is -0.187. The van der Waals surface area contributed by atoms with Crippen LogP contribution in [0.2, 0.25) is 0 Å². The van der Waals surface area contributed by atoms with E-state index in [9.17, 15) is 9.59 Å². The van der Waals surface area contributed by atoms with Crippen LogP contribution in [0.4, 0.5) is 5.69 Å². The fraction of sp³-hybridized carbons (Fsp3) is 0.440. The Balaban J connectivity index is 2.03. The van der Waals surface area contributed by atoms with E-state index in [1.807, 2.05) is 43.1 Å². The van der Waals surface area contributed by atoms with Gasteiger partial charge in [0.2, 0.25) is 5.75 Å². The predicted molar refractivity (Wildman–Crippen MR) is 123 cm³/mol. The number of ether oxygens (including phenoxy) is 6. The largest absolute Gasteiger partial charge is 0.493 e. The zero-order valence-electron chi connectivity index (χ0n) is 20.3. The predicted octanol–water partition coefficient (Wildman–Crippen LogP) is 2.64. The number of likely N-dealkylation sites (N-methyl/N-ethyl adjacent to an activating group) is 1. The van der Waals surface area contributed by atoms with Gasteiger partial charge in [-0.1, -0.05) is 25.1 Å². The highest BCUT2D eigenvalue weighted by atomic mass is 16.6. The van der Waals surface area contributed by atoms with Gasteiger partial charge < -0.3 is 33.3 Å². The standard InChI is InChI=1S/C25H29NO8/c1-24-15-10-8-9-11-16(15)26(2)21(24)25(22(27)32-6,23(28)33-7)34-20(24)14-12-17(29-3)19(31-5)18(13-14)30-4/h8-13,20-21H,1-7H3/t20-,21-,24-/m0/s1. The highest BCUT2D eigenvalue weighted by Crippen LogP contribution is 2.63. The first-order chi connectivity index (χ1) is 16.3. The Morgan fingerprint density at radius 3 is 1.97 bits per heavy atom. The van der Waals surface area contributed by atoms with Gasteiger partial charge in [0.25, 0.3) is 5.60 Å². The van der Waals surface area contributed by atoms with Crippen molar-refractivity contribution in [2.24, 2.45) is 0 Å². The Kier molecular flexibility index (Phi) is 5.85. The topological polar surface area (TPSA) is 92.8 Å². The van der Waals surface area contributed by atoms with Gasteiger partial charge in [0.1, 0.15) is 0 Å². The van der Waals surface area contributed by atoms with Crippen LogP contribution in [0.25, 0.3) is 0 Å². The van der Waals surface area contributed by atoms with E-state index < -0.39 is 35.1 Å². The fourth-order valence-electron chi connectivity index (χ4n) is 5.65. The maximum absolute atomic E-state index is 13.3. The van der Waals surface area contributed by atoms with Crippen LogP contribution in [-0.4, -0.2) is 66.2 Å². The molecule has 0 aliphatic carbocycles. The molecule has 2 aromatic rings. The second-order valence-electron chi connectivity index (χ2n) is 8.49. The van der Waals surface area contributed by atoms with E-state index in [0.717, 1.165) is 11.3 Å². The van der Waals surface area contributed by atoms with Crippen molar-refractivity contribution in [1.82, 2.24) is 0 Å². The van der Waals surface area contributed by atoms with Gasteiger partial charge in [-0.05, 0) is 29.3 Å². The summed E-state index contributed by atoms with van der Waals surface area (Å²) < 4.78 is 33.3. The summed E-state index contributed by atoms with van der Waals surface area (Å²) in [7, 11) is 8.84. The summed E-state index contributed by atoms with van der Waals surface area (Å²) >= 11 is 0. The molecule has 9 nitrogen and oxygen atoms in total. The molecule has 0 amide bonds. The van der Waals surface area contributed by atoms with Gasteiger partial charge in [0.05, 0.1) is 47.7 Å². The summed E-state index contributed by atoms with van der Waals surface area (Å²) in [6.45, 7) is 1.97. The number of esters is 2. The van der Waals surface area contributed by atoms with Gasteiger partial charge >= 0.3 is 11.9 Å². The number of para-hydroxylation sites is 1. The summed E-state index contributed by atoms with van der Waals surface area (Å²) in [6, 6.07) is 10.5. The Hall–Kier alpha value is -3.46. The minimum atomic E-state index is -2.03. The third-order valence-electron chi connectivity index (χ3n) is 7.02. The van der Waals surface area contributed by atoms with Gasteiger partial charge in [-0.15, -0.1) is 0 Å². The Labute approximate surface area is 198 Å². The Morgan fingerprint density at radius 1 is 0.912 bits per heavy atom. The third kappa shape index (κ3) is 2.89. The van der Waals surface area contributed by atoms with Gasteiger partial charge in [-0.3, -0.25) is 0 Å². The van der Waals surface area contributed by atoms with Crippen molar-refractivity contribution < 1.29 is 38.0 Å². The molecule has 34 heavy (non-hydrogen) atoms. The molecule has 0 bridgehead atoms. The monoisotopic (exact) mass is 471 g/mol. The summed E-state index contributed by atoms with van der Waals surface area (Å²) in [6.07, 6.45) is -0.768. The maximum Gasteiger partial charge on any atom is 0.352 e. The zero-order chi connectivity index (χ0) is 24.8. The number of methoxy groups -OCH3 is 5. The molecule has 0 spiro atoms. The van der Waals surface area contributed by atoms with E-state index in [1.165, 1.54) is 35.5 Å². The van der Waals surface area contributed by atoms with Crippen LogP contribution in [-0.2, 0) is 29.2 Å². The number of fused-ring (bicyclic) bond motifs is 3. The van der Waals surface area contributed by atoms with Crippen molar-refractivity contribution in [2.75, 3.05) is 47.5 Å². The number of carbonyl (C=O) groups excluding carboxylic acids is 2. The van der Waals surface area contributed by atoms with Crippen LogP contribution in [0.15, 0.2) is 36.4 Å². The molecule has 0 saturated carbocycles. The lowest BCUT2D eigenvalue weighted by atomic mass is 9.69. The molecule has 0 unspecified atom stereocenters.